The molecule has 2 nitrogen and oxygen atoms in total. The molecule has 5 heteroatoms. The third-order valence-corrected chi connectivity index (χ3v) is 11.1. The van der Waals surface area contributed by atoms with Gasteiger partial charge in [-0.05, 0) is 54.4 Å². The van der Waals surface area contributed by atoms with Crippen LogP contribution in [0.2, 0.25) is 37.8 Å². The van der Waals surface area contributed by atoms with Crippen LogP contribution in [0.5, 0.6) is 0 Å². The van der Waals surface area contributed by atoms with Crippen LogP contribution in [0.1, 0.15) is 27.2 Å². The summed E-state index contributed by atoms with van der Waals surface area (Å²) in [6, 6.07) is 9.90. The highest BCUT2D eigenvalue weighted by Crippen LogP contribution is 2.36. The second kappa shape index (κ2) is 11.0. The van der Waals surface area contributed by atoms with E-state index < -0.39 is 16.4 Å². The van der Waals surface area contributed by atoms with Crippen molar-refractivity contribution in [3.8, 4) is 23.3 Å². The number of rotatable bonds is 7. The van der Waals surface area contributed by atoms with E-state index in [1.54, 1.807) is 0 Å². The van der Waals surface area contributed by atoms with Crippen molar-refractivity contribution in [2.24, 2.45) is 0 Å². The van der Waals surface area contributed by atoms with E-state index in [1.807, 2.05) is 36.4 Å². The number of carbonyl (C=O) groups is 1. The van der Waals surface area contributed by atoms with Crippen molar-refractivity contribution < 1.29 is 9.22 Å². The summed E-state index contributed by atoms with van der Waals surface area (Å²) in [5.41, 5.74) is 3.17. The Kier molecular flexibility index (Phi) is 9.72. The molecule has 0 bridgehead atoms. The minimum atomic E-state index is -1.79. The maximum absolute atomic E-state index is 12.7. The van der Waals surface area contributed by atoms with E-state index in [-0.39, 0.29) is 10.8 Å². The molecule has 1 rings (SSSR count). The highest BCUT2D eigenvalue weighted by molar-refractivity contribution is 8.04. The van der Waals surface area contributed by atoms with Gasteiger partial charge >= 0.3 is 0 Å². The van der Waals surface area contributed by atoms with Crippen LogP contribution in [0, 0.1) is 23.3 Å². The van der Waals surface area contributed by atoms with Crippen LogP contribution < -0.4 is 0 Å². The maximum Gasteiger partial charge on any atom is 0.243 e. The number of ketones is 1. The topological polar surface area (TPSA) is 26.3 Å². The lowest BCUT2D eigenvalue weighted by molar-refractivity contribution is -0.110. The van der Waals surface area contributed by atoms with Gasteiger partial charge in [0, 0.05) is 11.5 Å². The highest BCUT2D eigenvalue weighted by Gasteiger charge is 2.36. The minimum Gasteiger partial charge on any atom is -0.417 e. The average molecular weight is 443 g/mol. The fourth-order valence-electron chi connectivity index (χ4n) is 1.89. The summed E-state index contributed by atoms with van der Waals surface area (Å²) in [4.78, 5) is 14.3. The zero-order valence-corrected chi connectivity index (χ0v) is 21.9. The lowest BCUT2D eigenvalue weighted by Crippen LogP contribution is -2.40. The molecule has 0 N–H and O–H groups in total. The molecule has 0 radical (unpaired) electrons. The minimum absolute atomic E-state index is 0.175. The van der Waals surface area contributed by atoms with Crippen molar-refractivity contribution >= 4 is 33.9 Å². The predicted octanol–water partition coefficient (Wildman–Crippen LogP) is 6.53. The summed E-state index contributed by atoms with van der Waals surface area (Å²) < 4.78 is 6.23. The van der Waals surface area contributed by atoms with Gasteiger partial charge in [-0.2, -0.15) is 0 Å². The van der Waals surface area contributed by atoms with Gasteiger partial charge in [-0.3, -0.25) is 4.79 Å². The van der Waals surface area contributed by atoms with Gasteiger partial charge < -0.3 is 4.43 Å². The van der Waals surface area contributed by atoms with Gasteiger partial charge in [-0.1, -0.05) is 76.4 Å². The normalized spacial score (nSPS) is 12.5. The van der Waals surface area contributed by atoms with Crippen LogP contribution in [-0.4, -0.2) is 28.8 Å². The van der Waals surface area contributed by atoms with Crippen LogP contribution in [0.15, 0.2) is 46.2 Å². The number of Topliss-reactive ketones (excluding diaryl/α,β-unsaturated/α-hetero) is 1. The molecule has 0 saturated heterocycles. The van der Waals surface area contributed by atoms with E-state index in [0.29, 0.717) is 17.9 Å². The van der Waals surface area contributed by atoms with Gasteiger partial charge in [0.15, 0.2) is 8.32 Å². The molecule has 1 aromatic rings. The first-order valence-corrected chi connectivity index (χ1v) is 17.2. The first-order chi connectivity index (χ1) is 13.3. The Bertz CT molecular complexity index is 837. The number of allylic oxidation sites excluding steroid dienone is 1. The first-order valence-electron chi connectivity index (χ1n) is 9.96. The summed E-state index contributed by atoms with van der Waals surface area (Å²) in [5, 5.41) is 0.175. The average Bonchev–Trinajstić information content (AvgIpc) is 2.60. The zero-order valence-electron chi connectivity index (χ0n) is 19.1. The Balaban J connectivity index is 2.91. The smallest absolute Gasteiger partial charge is 0.243 e. The van der Waals surface area contributed by atoms with Crippen LogP contribution in [-0.2, 0) is 9.22 Å². The Morgan fingerprint density at radius 3 is 2.24 bits per heavy atom. The van der Waals surface area contributed by atoms with E-state index in [1.165, 1.54) is 11.8 Å². The molecule has 0 unspecified atom stereocenters. The SMILES string of the molecule is CC(C)(C)[Si](C)(C)OCC/C=C(\Sc1ccccc1)C(=O)C#CC#C[Si](C)(C)C. The van der Waals surface area contributed by atoms with Crippen molar-refractivity contribution in [2.45, 2.75) is 69.9 Å². The van der Waals surface area contributed by atoms with Crippen LogP contribution in [0.4, 0.5) is 0 Å². The lowest BCUT2D eigenvalue weighted by atomic mass is 10.2. The number of thioether (sulfide) groups is 1. The first kappa shape index (κ1) is 25.5. The van der Waals surface area contributed by atoms with Gasteiger partial charge in [-0.25, -0.2) is 0 Å². The standard InChI is InChI=1S/C24H34O2SSi2/c1-24(2,3)29(7,8)26-19-14-18-23(27-21-15-10-9-11-16-21)22(25)17-12-13-20-28(4,5)6/h9-11,15-16,18H,14,19H2,1-8H3/b23-18-. The monoisotopic (exact) mass is 442 g/mol. The van der Waals surface area contributed by atoms with Crippen molar-refractivity contribution in [2.75, 3.05) is 6.61 Å². The van der Waals surface area contributed by atoms with E-state index in [9.17, 15) is 4.79 Å². The number of benzene rings is 1. The zero-order chi connectivity index (χ0) is 22.1. The molecule has 0 aromatic heterocycles. The van der Waals surface area contributed by atoms with Gasteiger partial charge in [0.25, 0.3) is 0 Å². The lowest BCUT2D eigenvalue weighted by Gasteiger charge is -2.36. The summed E-state index contributed by atoms with van der Waals surface area (Å²) >= 11 is 1.45. The van der Waals surface area contributed by atoms with Crippen LogP contribution in [0.25, 0.3) is 0 Å². The van der Waals surface area contributed by atoms with Gasteiger partial charge in [0.2, 0.25) is 5.78 Å². The second-order valence-electron chi connectivity index (χ2n) is 9.46. The van der Waals surface area contributed by atoms with Gasteiger partial charge in [-0.15, -0.1) is 5.54 Å². The molecule has 29 heavy (non-hydrogen) atoms. The Morgan fingerprint density at radius 2 is 1.69 bits per heavy atom. The molecule has 0 aliphatic rings. The quantitative estimate of drug-likeness (QED) is 0.120. The van der Waals surface area contributed by atoms with Crippen LogP contribution in [0.3, 0.4) is 0 Å². The van der Waals surface area contributed by atoms with Gasteiger partial charge in [0.05, 0.1) is 4.91 Å². The van der Waals surface area contributed by atoms with E-state index in [0.717, 1.165) is 4.90 Å². The van der Waals surface area contributed by atoms with Crippen molar-refractivity contribution in [1.29, 1.82) is 0 Å². The van der Waals surface area contributed by atoms with Crippen molar-refractivity contribution in [1.82, 2.24) is 0 Å². The molecule has 0 atom stereocenters. The number of carbonyl (C=O) groups excluding carboxylic acids is 1. The Morgan fingerprint density at radius 1 is 1.07 bits per heavy atom. The van der Waals surface area contributed by atoms with E-state index >= 15 is 0 Å². The van der Waals surface area contributed by atoms with Crippen molar-refractivity contribution in [3.63, 3.8) is 0 Å². The molecule has 156 valence electrons. The number of hydrogen-bond acceptors (Lipinski definition) is 3. The molecule has 0 spiro atoms. The summed E-state index contributed by atoms with van der Waals surface area (Å²) in [5.74, 6) is 8.10. The van der Waals surface area contributed by atoms with Crippen molar-refractivity contribution in [3.05, 3.63) is 41.3 Å². The maximum atomic E-state index is 12.7. The predicted molar refractivity (Wildman–Crippen MR) is 132 cm³/mol. The molecule has 0 amide bonds. The molecule has 1 aromatic carbocycles. The third-order valence-electron chi connectivity index (χ3n) is 4.59. The molecular weight excluding hydrogens is 409 g/mol. The summed E-state index contributed by atoms with van der Waals surface area (Å²) in [6.45, 7) is 18.2. The highest BCUT2D eigenvalue weighted by atomic mass is 32.2. The summed E-state index contributed by atoms with van der Waals surface area (Å²) in [7, 11) is -3.27. The van der Waals surface area contributed by atoms with Crippen LogP contribution >= 0.6 is 11.8 Å². The van der Waals surface area contributed by atoms with E-state index in [4.69, 9.17) is 4.43 Å². The largest absolute Gasteiger partial charge is 0.417 e. The fourth-order valence-corrected chi connectivity index (χ4v) is 4.28. The number of hydrogen-bond donors (Lipinski definition) is 0. The molecule has 0 heterocycles. The molecular formula is C24H34O2SSi2. The fraction of sp³-hybridized carbons (Fsp3) is 0.458. The second-order valence-corrected chi connectivity index (χ2v) is 20.1. The Labute approximate surface area is 184 Å². The van der Waals surface area contributed by atoms with Gasteiger partial charge in [0.1, 0.15) is 8.07 Å². The molecule has 0 saturated carbocycles. The summed E-state index contributed by atoms with van der Waals surface area (Å²) in [6.07, 6.45) is 2.64. The molecule has 0 fully saturated rings. The molecule has 0 aliphatic heterocycles. The van der Waals surface area contributed by atoms with E-state index in [2.05, 4.69) is 76.8 Å². The Hall–Kier alpha value is -1.51. The molecule has 0 aliphatic carbocycles. The third kappa shape index (κ3) is 10.2.